The highest BCUT2D eigenvalue weighted by Crippen LogP contribution is 2.47. The molecule has 1 aliphatic heterocycles. The van der Waals surface area contributed by atoms with Crippen LogP contribution in [0.5, 0.6) is 0 Å². The zero-order valence-corrected chi connectivity index (χ0v) is 30.3. The Balaban J connectivity index is 1.63. The van der Waals surface area contributed by atoms with Crippen molar-refractivity contribution in [3.8, 4) is 11.1 Å². The predicted octanol–water partition coefficient (Wildman–Crippen LogP) is 8.98. The molecule has 282 valence electrons. The molecule has 0 N–H and O–H groups in total. The minimum absolute atomic E-state index is 0.00469. The van der Waals surface area contributed by atoms with Gasteiger partial charge in [0.2, 0.25) is 0 Å². The van der Waals surface area contributed by atoms with Crippen molar-refractivity contribution in [2.24, 2.45) is 5.92 Å². The minimum Gasteiger partial charge on any atom is -0.466 e. The van der Waals surface area contributed by atoms with E-state index in [2.05, 4.69) is 0 Å². The molecule has 3 aromatic rings. The van der Waals surface area contributed by atoms with E-state index in [4.69, 9.17) is 4.74 Å². The SMILES string of the molecule is CCOC(=O)C[C@H](CC(=O)C(CC(C)C)n1cc(CCN2CCC2)c(C(F)(F)F)cc1=O)c1c(F)c(-c2c(C)ccc(F)c2C)cc(C2CC2)c1F. The molecule has 2 heterocycles. The molecule has 2 fully saturated rings. The lowest BCUT2D eigenvalue weighted by molar-refractivity contribution is -0.143. The van der Waals surface area contributed by atoms with Gasteiger partial charge in [0, 0.05) is 42.3 Å². The summed E-state index contributed by atoms with van der Waals surface area (Å²) < 4.78 is 96.9. The summed E-state index contributed by atoms with van der Waals surface area (Å²) in [4.78, 5) is 42.8. The number of rotatable bonds is 15. The average molecular weight is 733 g/mol. The number of aryl methyl sites for hydroxylation is 1. The first-order chi connectivity index (χ1) is 24.5. The summed E-state index contributed by atoms with van der Waals surface area (Å²) in [6.45, 7) is 10.1. The van der Waals surface area contributed by atoms with E-state index in [-0.39, 0.29) is 59.1 Å². The van der Waals surface area contributed by atoms with E-state index in [1.165, 1.54) is 25.1 Å². The largest absolute Gasteiger partial charge is 0.466 e. The third-order valence-corrected chi connectivity index (χ3v) is 10.2. The lowest BCUT2D eigenvalue weighted by Crippen LogP contribution is -2.39. The number of aromatic nitrogens is 1. The number of ketones is 1. The van der Waals surface area contributed by atoms with E-state index >= 15 is 8.78 Å². The summed E-state index contributed by atoms with van der Waals surface area (Å²) in [6, 6.07) is 3.36. The Hall–Kier alpha value is -3.93. The molecule has 1 saturated carbocycles. The number of carbonyl (C=O) groups excluding carboxylic acids is 2. The van der Waals surface area contributed by atoms with Crippen LogP contribution in [0.15, 0.2) is 35.3 Å². The molecule has 1 aromatic heterocycles. The van der Waals surface area contributed by atoms with Crippen molar-refractivity contribution in [1.29, 1.82) is 0 Å². The number of halogens is 6. The second-order valence-corrected chi connectivity index (χ2v) is 14.6. The van der Waals surface area contributed by atoms with Crippen molar-refractivity contribution in [2.45, 2.75) is 104 Å². The molecule has 0 radical (unpaired) electrons. The van der Waals surface area contributed by atoms with Crippen molar-refractivity contribution < 1.29 is 40.7 Å². The molecule has 12 heteroatoms. The molecular weight excluding hydrogens is 686 g/mol. The highest BCUT2D eigenvalue weighted by atomic mass is 19.4. The summed E-state index contributed by atoms with van der Waals surface area (Å²) in [5.74, 6) is -5.86. The molecule has 6 nitrogen and oxygen atoms in total. The van der Waals surface area contributed by atoms with E-state index in [0.29, 0.717) is 31.0 Å². The van der Waals surface area contributed by atoms with E-state index < -0.39 is 76.9 Å². The summed E-state index contributed by atoms with van der Waals surface area (Å²) in [5.41, 5.74) is -1.68. The molecule has 5 rings (SSSR count). The fraction of sp³-hybridized carbons (Fsp3) is 0.525. The van der Waals surface area contributed by atoms with Crippen LogP contribution in [0.1, 0.15) is 111 Å². The van der Waals surface area contributed by atoms with Crippen LogP contribution in [-0.4, -0.2) is 47.5 Å². The van der Waals surface area contributed by atoms with Crippen molar-refractivity contribution in [1.82, 2.24) is 9.47 Å². The number of Topliss-reactive ketones (excluding diaryl/α,β-unsaturated/α-hetero) is 1. The summed E-state index contributed by atoms with van der Waals surface area (Å²) in [5, 5.41) is 0. The Labute approximate surface area is 300 Å². The van der Waals surface area contributed by atoms with Gasteiger partial charge in [-0.3, -0.25) is 14.4 Å². The number of pyridine rings is 1. The highest BCUT2D eigenvalue weighted by molar-refractivity contribution is 5.85. The lowest BCUT2D eigenvalue weighted by atomic mass is 9.82. The average Bonchev–Trinajstić information content (AvgIpc) is 3.88. The maximum Gasteiger partial charge on any atom is 0.416 e. The monoisotopic (exact) mass is 732 g/mol. The van der Waals surface area contributed by atoms with Gasteiger partial charge in [-0.05, 0) is 118 Å². The Kier molecular flexibility index (Phi) is 12.1. The fourth-order valence-electron chi connectivity index (χ4n) is 7.25. The number of hydrogen-bond acceptors (Lipinski definition) is 5. The van der Waals surface area contributed by atoms with Crippen LogP contribution in [-0.2, 0) is 26.9 Å². The van der Waals surface area contributed by atoms with Gasteiger partial charge in [0.05, 0.1) is 24.6 Å². The summed E-state index contributed by atoms with van der Waals surface area (Å²) in [7, 11) is 0. The van der Waals surface area contributed by atoms with Gasteiger partial charge in [0.1, 0.15) is 17.5 Å². The standard InChI is InChI=1S/C40H46F6N2O4/c1-6-52-35(51)18-27(37-38(42)28(25-9-10-25)19-29(39(37)43)36-23(4)8-11-31(41)24(36)5)17-33(49)32(16-22(2)3)48-21-26(12-15-47-13-7-14-47)30(20-34(48)50)40(44,45)46/h8,11,19-22,25,27,32H,6-7,9-10,12-18H2,1-5H3/t27-,32?/m0/s1. The molecule has 1 aliphatic carbocycles. The quantitative estimate of drug-likeness (QED) is 0.115. The van der Waals surface area contributed by atoms with Gasteiger partial charge in [0.25, 0.3) is 5.56 Å². The molecule has 1 saturated heterocycles. The van der Waals surface area contributed by atoms with Crippen LogP contribution >= 0.6 is 0 Å². The molecule has 52 heavy (non-hydrogen) atoms. The molecule has 2 aliphatic rings. The summed E-state index contributed by atoms with van der Waals surface area (Å²) >= 11 is 0. The Morgan fingerprint density at radius 2 is 1.69 bits per heavy atom. The van der Waals surface area contributed by atoms with Gasteiger partial charge in [-0.15, -0.1) is 0 Å². The second kappa shape index (κ2) is 16.0. The van der Waals surface area contributed by atoms with Gasteiger partial charge >= 0.3 is 12.1 Å². The molecular formula is C40H46F6N2O4. The topological polar surface area (TPSA) is 68.6 Å². The number of esters is 1. The minimum atomic E-state index is -4.80. The van der Waals surface area contributed by atoms with E-state index in [1.807, 2.05) is 4.90 Å². The van der Waals surface area contributed by atoms with Crippen molar-refractivity contribution >= 4 is 11.8 Å². The maximum atomic E-state index is 16.9. The van der Waals surface area contributed by atoms with Crippen LogP contribution in [0, 0.1) is 37.2 Å². The highest BCUT2D eigenvalue weighted by Gasteiger charge is 2.38. The Bertz CT molecular complexity index is 1880. The number of nitrogens with zero attached hydrogens (tertiary/aromatic N) is 2. The van der Waals surface area contributed by atoms with Gasteiger partial charge in [0.15, 0.2) is 5.78 Å². The second-order valence-electron chi connectivity index (χ2n) is 14.6. The smallest absolute Gasteiger partial charge is 0.416 e. The fourth-order valence-corrected chi connectivity index (χ4v) is 7.25. The Morgan fingerprint density at radius 1 is 1.00 bits per heavy atom. The van der Waals surface area contributed by atoms with Crippen molar-refractivity contribution in [3.05, 3.63) is 91.6 Å². The first kappa shape index (κ1) is 39.3. The van der Waals surface area contributed by atoms with Crippen LogP contribution in [0.3, 0.4) is 0 Å². The number of carbonyl (C=O) groups is 2. The molecule has 2 aromatic carbocycles. The normalized spacial score (nSPS) is 16.2. The zero-order chi connectivity index (χ0) is 38.1. The van der Waals surface area contributed by atoms with Gasteiger partial charge in [-0.1, -0.05) is 19.9 Å². The molecule has 0 spiro atoms. The molecule has 1 unspecified atom stereocenters. The maximum absolute atomic E-state index is 16.9. The predicted molar refractivity (Wildman–Crippen MR) is 186 cm³/mol. The van der Waals surface area contributed by atoms with Crippen LogP contribution < -0.4 is 5.56 Å². The lowest BCUT2D eigenvalue weighted by Gasteiger charge is -2.31. The Morgan fingerprint density at radius 3 is 2.27 bits per heavy atom. The van der Waals surface area contributed by atoms with Crippen molar-refractivity contribution in [2.75, 3.05) is 26.2 Å². The summed E-state index contributed by atoms with van der Waals surface area (Å²) in [6.07, 6.45) is -2.65. The number of ether oxygens (including phenoxy) is 1. The molecule has 0 bridgehead atoms. The first-order valence-corrected chi connectivity index (χ1v) is 18.0. The third-order valence-electron chi connectivity index (χ3n) is 10.2. The molecule has 2 atom stereocenters. The van der Waals surface area contributed by atoms with E-state index in [0.717, 1.165) is 30.3 Å². The third kappa shape index (κ3) is 8.64. The van der Waals surface area contributed by atoms with E-state index in [1.54, 1.807) is 27.7 Å². The number of benzene rings is 2. The number of hydrogen-bond donors (Lipinski definition) is 0. The first-order valence-electron chi connectivity index (χ1n) is 18.0. The number of alkyl halides is 3. The zero-order valence-electron chi connectivity index (χ0n) is 30.3. The van der Waals surface area contributed by atoms with Crippen LogP contribution in [0.4, 0.5) is 26.3 Å². The molecule has 0 amide bonds. The van der Waals surface area contributed by atoms with E-state index in [9.17, 15) is 31.9 Å². The van der Waals surface area contributed by atoms with Crippen LogP contribution in [0.25, 0.3) is 11.1 Å². The van der Waals surface area contributed by atoms with Crippen LogP contribution in [0.2, 0.25) is 0 Å². The van der Waals surface area contributed by atoms with Crippen molar-refractivity contribution in [3.63, 3.8) is 0 Å². The van der Waals surface area contributed by atoms with Gasteiger partial charge < -0.3 is 14.2 Å². The van der Waals surface area contributed by atoms with Gasteiger partial charge in [-0.2, -0.15) is 13.2 Å². The van der Waals surface area contributed by atoms with Gasteiger partial charge in [-0.25, -0.2) is 13.2 Å². The number of likely N-dealkylation sites (tertiary alicyclic amines) is 1.